The van der Waals surface area contributed by atoms with E-state index < -0.39 is 11.7 Å². The first kappa shape index (κ1) is 16.3. The summed E-state index contributed by atoms with van der Waals surface area (Å²) in [4.78, 5) is 0. The van der Waals surface area contributed by atoms with Crippen molar-refractivity contribution in [2.75, 3.05) is 0 Å². The molecular formula is C19H19F3. The fourth-order valence-electron chi connectivity index (χ4n) is 2.28. The van der Waals surface area contributed by atoms with Crippen molar-refractivity contribution in [2.24, 2.45) is 0 Å². The molecule has 0 bridgehead atoms. The second kappa shape index (κ2) is 7.30. The predicted octanol–water partition coefficient (Wildman–Crippen LogP) is 6.00. The lowest BCUT2D eigenvalue weighted by Crippen LogP contribution is -2.04. The Kier molecular flexibility index (Phi) is 5.42. The van der Waals surface area contributed by atoms with Gasteiger partial charge in [0.05, 0.1) is 5.56 Å². The lowest BCUT2D eigenvalue weighted by molar-refractivity contribution is -0.137. The largest absolute Gasteiger partial charge is 0.416 e. The fraction of sp³-hybridized carbons (Fsp3) is 0.263. The SMILES string of the molecule is CC(/C=C/CCc1ccccc1)c1ccc(C(F)(F)F)cc1. The number of benzene rings is 2. The molecule has 116 valence electrons. The number of rotatable bonds is 5. The molecule has 0 radical (unpaired) electrons. The van der Waals surface area contributed by atoms with Crippen LogP contribution in [0.2, 0.25) is 0 Å². The van der Waals surface area contributed by atoms with Gasteiger partial charge in [0.2, 0.25) is 0 Å². The molecule has 0 nitrogen and oxygen atoms in total. The molecule has 0 aliphatic carbocycles. The van der Waals surface area contributed by atoms with Crippen LogP contribution < -0.4 is 0 Å². The van der Waals surface area contributed by atoms with Gasteiger partial charge in [-0.3, -0.25) is 0 Å². The van der Waals surface area contributed by atoms with Crippen LogP contribution in [0.1, 0.15) is 36.0 Å². The fourth-order valence-corrected chi connectivity index (χ4v) is 2.28. The van der Waals surface area contributed by atoms with E-state index in [1.54, 1.807) is 12.1 Å². The monoisotopic (exact) mass is 304 g/mol. The molecule has 0 N–H and O–H groups in total. The third kappa shape index (κ3) is 4.76. The maximum Gasteiger partial charge on any atom is 0.416 e. The highest BCUT2D eigenvalue weighted by Crippen LogP contribution is 2.30. The van der Waals surface area contributed by atoms with Gasteiger partial charge in [-0.2, -0.15) is 13.2 Å². The molecule has 2 aromatic rings. The summed E-state index contributed by atoms with van der Waals surface area (Å²) in [5, 5.41) is 0. The first-order valence-corrected chi connectivity index (χ1v) is 7.34. The normalized spacial score (nSPS) is 13.5. The van der Waals surface area contributed by atoms with Crippen LogP contribution in [-0.2, 0) is 12.6 Å². The molecule has 0 aliphatic heterocycles. The number of hydrogen-bond acceptors (Lipinski definition) is 0. The van der Waals surface area contributed by atoms with Gasteiger partial charge in [-0.1, -0.05) is 61.5 Å². The molecule has 0 amide bonds. The Morgan fingerprint density at radius 1 is 0.955 bits per heavy atom. The van der Waals surface area contributed by atoms with E-state index in [1.165, 1.54) is 5.56 Å². The number of halogens is 3. The molecule has 0 fully saturated rings. The van der Waals surface area contributed by atoms with Crippen molar-refractivity contribution in [1.82, 2.24) is 0 Å². The second-order valence-corrected chi connectivity index (χ2v) is 5.36. The van der Waals surface area contributed by atoms with Crippen LogP contribution in [0.5, 0.6) is 0 Å². The molecule has 0 spiro atoms. The quantitative estimate of drug-likeness (QED) is 0.594. The second-order valence-electron chi connectivity index (χ2n) is 5.36. The summed E-state index contributed by atoms with van der Waals surface area (Å²) in [6.07, 6.45) is 1.76. The summed E-state index contributed by atoms with van der Waals surface area (Å²) in [5.41, 5.74) is 1.58. The smallest absolute Gasteiger partial charge is 0.166 e. The summed E-state index contributed by atoms with van der Waals surface area (Å²) in [6.45, 7) is 1.99. The third-order valence-corrected chi connectivity index (χ3v) is 3.63. The molecular weight excluding hydrogens is 285 g/mol. The zero-order valence-electron chi connectivity index (χ0n) is 12.5. The molecule has 22 heavy (non-hydrogen) atoms. The Morgan fingerprint density at radius 2 is 1.59 bits per heavy atom. The van der Waals surface area contributed by atoms with Crippen molar-refractivity contribution in [2.45, 2.75) is 31.9 Å². The summed E-state index contributed by atoms with van der Waals surface area (Å²) in [7, 11) is 0. The Bertz CT molecular complexity index is 595. The van der Waals surface area contributed by atoms with Crippen LogP contribution in [0, 0.1) is 0 Å². The van der Waals surface area contributed by atoms with Gasteiger partial charge < -0.3 is 0 Å². The first-order valence-electron chi connectivity index (χ1n) is 7.34. The standard InChI is InChI=1S/C19H19F3/c1-15(7-5-6-10-16-8-3-2-4-9-16)17-11-13-18(14-12-17)19(20,21)22/h2-5,7-9,11-15H,6,10H2,1H3/b7-5+. The molecule has 2 rings (SSSR count). The van der Waals surface area contributed by atoms with E-state index in [0.29, 0.717) is 0 Å². The lowest BCUT2D eigenvalue weighted by atomic mass is 9.98. The van der Waals surface area contributed by atoms with Crippen molar-refractivity contribution in [3.8, 4) is 0 Å². The minimum atomic E-state index is -4.27. The number of allylic oxidation sites excluding steroid dienone is 2. The molecule has 0 saturated heterocycles. The zero-order valence-corrected chi connectivity index (χ0v) is 12.5. The Morgan fingerprint density at radius 3 is 2.18 bits per heavy atom. The van der Waals surface area contributed by atoms with E-state index in [1.807, 2.05) is 31.2 Å². The van der Waals surface area contributed by atoms with Crippen molar-refractivity contribution in [3.63, 3.8) is 0 Å². The van der Waals surface area contributed by atoms with Gasteiger partial charge in [0, 0.05) is 0 Å². The van der Waals surface area contributed by atoms with Gasteiger partial charge in [-0.15, -0.1) is 0 Å². The average Bonchev–Trinajstić information content (AvgIpc) is 2.52. The molecule has 2 aromatic carbocycles. The van der Waals surface area contributed by atoms with E-state index in [-0.39, 0.29) is 5.92 Å². The van der Waals surface area contributed by atoms with E-state index in [0.717, 1.165) is 30.5 Å². The topological polar surface area (TPSA) is 0 Å². The predicted molar refractivity (Wildman–Crippen MR) is 83.8 cm³/mol. The minimum Gasteiger partial charge on any atom is -0.166 e. The minimum absolute atomic E-state index is 0.109. The van der Waals surface area contributed by atoms with Gasteiger partial charge in [0.15, 0.2) is 0 Å². The van der Waals surface area contributed by atoms with E-state index >= 15 is 0 Å². The Balaban J connectivity index is 1.89. The van der Waals surface area contributed by atoms with Crippen molar-refractivity contribution < 1.29 is 13.2 Å². The van der Waals surface area contributed by atoms with Crippen molar-refractivity contribution >= 4 is 0 Å². The summed E-state index contributed by atoms with van der Waals surface area (Å²) < 4.78 is 37.5. The summed E-state index contributed by atoms with van der Waals surface area (Å²) in [6, 6.07) is 15.6. The van der Waals surface area contributed by atoms with Crippen molar-refractivity contribution in [3.05, 3.63) is 83.4 Å². The Hall–Kier alpha value is -2.03. The number of alkyl halides is 3. The van der Waals surface area contributed by atoms with Crippen LogP contribution in [0.15, 0.2) is 66.7 Å². The number of hydrogen-bond donors (Lipinski definition) is 0. The molecule has 3 heteroatoms. The van der Waals surface area contributed by atoms with Gasteiger partial charge in [0.1, 0.15) is 0 Å². The molecule has 0 aromatic heterocycles. The van der Waals surface area contributed by atoms with Crippen LogP contribution in [0.4, 0.5) is 13.2 Å². The summed E-state index contributed by atoms with van der Waals surface area (Å²) >= 11 is 0. The third-order valence-electron chi connectivity index (χ3n) is 3.63. The first-order chi connectivity index (χ1) is 10.5. The molecule has 0 saturated carbocycles. The maximum absolute atomic E-state index is 12.5. The molecule has 0 heterocycles. The van der Waals surface area contributed by atoms with Crippen LogP contribution >= 0.6 is 0 Å². The van der Waals surface area contributed by atoms with Gasteiger partial charge in [-0.05, 0) is 42.0 Å². The highest BCUT2D eigenvalue weighted by atomic mass is 19.4. The molecule has 1 atom stereocenters. The molecule has 0 aliphatic rings. The van der Waals surface area contributed by atoms with E-state index in [4.69, 9.17) is 0 Å². The van der Waals surface area contributed by atoms with Gasteiger partial charge in [0.25, 0.3) is 0 Å². The van der Waals surface area contributed by atoms with Crippen molar-refractivity contribution in [1.29, 1.82) is 0 Å². The maximum atomic E-state index is 12.5. The number of aryl methyl sites for hydroxylation is 1. The Labute approximate surface area is 129 Å². The zero-order chi connectivity index (χ0) is 16.0. The highest BCUT2D eigenvalue weighted by molar-refractivity contribution is 5.29. The van der Waals surface area contributed by atoms with Crippen LogP contribution in [-0.4, -0.2) is 0 Å². The highest BCUT2D eigenvalue weighted by Gasteiger charge is 2.29. The lowest BCUT2D eigenvalue weighted by Gasteiger charge is -2.10. The van der Waals surface area contributed by atoms with E-state index in [2.05, 4.69) is 18.2 Å². The summed E-state index contributed by atoms with van der Waals surface area (Å²) in [5.74, 6) is 0.109. The van der Waals surface area contributed by atoms with Crippen LogP contribution in [0.3, 0.4) is 0 Å². The van der Waals surface area contributed by atoms with E-state index in [9.17, 15) is 13.2 Å². The molecule has 1 unspecified atom stereocenters. The average molecular weight is 304 g/mol. The van der Waals surface area contributed by atoms with Gasteiger partial charge in [-0.25, -0.2) is 0 Å². The van der Waals surface area contributed by atoms with Crippen LogP contribution in [0.25, 0.3) is 0 Å². The van der Waals surface area contributed by atoms with Gasteiger partial charge >= 0.3 is 6.18 Å².